The summed E-state index contributed by atoms with van der Waals surface area (Å²) in [5.74, 6) is 0. The van der Waals surface area contributed by atoms with Crippen molar-refractivity contribution in [1.82, 2.24) is 9.55 Å². The molecule has 0 fully saturated rings. The van der Waals surface area contributed by atoms with E-state index in [2.05, 4.69) is 40.9 Å². The summed E-state index contributed by atoms with van der Waals surface area (Å²) in [4.78, 5) is 4.54. The molecular formula is C12H16N2S2. The first kappa shape index (κ1) is 11.6. The third-order valence-electron chi connectivity index (χ3n) is 2.77. The molecule has 86 valence electrons. The van der Waals surface area contributed by atoms with Crippen LogP contribution in [0.5, 0.6) is 0 Å². The molecule has 0 saturated carbocycles. The molecule has 0 spiro atoms. The van der Waals surface area contributed by atoms with E-state index in [1.807, 2.05) is 17.5 Å². The number of aromatic nitrogens is 2. The lowest BCUT2D eigenvalue weighted by atomic mass is 10.2. The van der Waals surface area contributed by atoms with E-state index in [4.69, 9.17) is 12.2 Å². The van der Waals surface area contributed by atoms with Gasteiger partial charge in [-0.2, -0.15) is 0 Å². The van der Waals surface area contributed by atoms with Crippen LogP contribution in [0, 0.1) is 4.77 Å². The summed E-state index contributed by atoms with van der Waals surface area (Å²) in [6, 6.07) is 4.71. The second-order valence-corrected chi connectivity index (χ2v) is 5.36. The summed E-state index contributed by atoms with van der Waals surface area (Å²) in [5.41, 5.74) is 1.29. The molecule has 2 aromatic rings. The van der Waals surface area contributed by atoms with Crippen LogP contribution in [-0.4, -0.2) is 9.55 Å². The Bertz CT molecular complexity index is 493. The summed E-state index contributed by atoms with van der Waals surface area (Å²) in [6.45, 7) is 4.38. The fourth-order valence-corrected chi connectivity index (χ4v) is 3.16. The number of H-pyrrole nitrogens is 1. The minimum Gasteiger partial charge on any atom is -0.337 e. The molecule has 0 bridgehead atoms. The SMILES string of the molecule is CCc1c[nH]c(=S)n1C(C)Cc1cccs1. The molecule has 0 aliphatic heterocycles. The molecule has 0 amide bonds. The van der Waals surface area contributed by atoms with E-state index in [0.717, 1.165) is 17.6 Å². The fraction of sp³-hybridized carbons (Fsp3) is 0.417. The molecule has 16 heavy (non-hydrogen) atoms. The summed E-state index contributed by atoms with van der Waals surface area (Å²) >= 11 is 7.13. The monoisotopic (exact) mass is 252 g/mol. The van der Waals surface area contributed by atoms with Gasteiger partial charge in [-0.1, -0.05) is 13.0 Å². The normalized spacial score (nSPS) is 12.9. The van der Waals surface area contributed by atoms with Gasteiger partial charge in [0.15, 0.2) is 4.77 Å². The Labute approximate surface area is 105 Å². The van der Waals surface area contributed by atoms with Gasteiger partial charge in [-0.3, -0.25) is 0 Å². The molecule has 0 radical (unpaired) electrons. The van der Waals surface area contributed by atoms with Crippen molar-refractivity contribution >= 4 is 23.6 Å². The minimum atomic E-state index is 0.423. The number of hydrogen-bond donors (Lipinski definition) is 1. The Morgan fingerprint density at radius 2 is 2.38 bits per heavy atom. The van der Waals surface area contributed by atoms with Crippen molar-refractivity contribution < 1.29 is 0 Å². The molecule has 2 heterocycles. The van der Waals surface area contributed by atoms with Crippen LogP contribution in [0.3, 0.4) is 0 Å². The molecule has 0 saturated heterocycles. The van der Waals surface area contributed by atoms with E-state index < -0.39 is 0 Å². The van der Waals surface area contributed by atoms with Crippen LogP contribution in [0.2, 0.25) is 0 Å². The zero-order chi connectivity index (χ0) is 11.5. The van der Waals surface area contributed by atoms with E-state index in [-0.39, 0.29) is 0 Å². The van der Waals surface area contributed by atoms with Crippen molar-refractivity contribution in [3.63, 3.8) is 0 Å². The summed E-state index contributed by atoms with van der Waals surface area (Å²) < 4.78 is 3.07. The van der Waals surface area contributed by atoms with E-state index in [9.17, 15) is 0 Å². The second kappa shape index (κ2) is 4.97. The van der Waals surface area contributed by atoms with Crippen molar-refractivity contribution in [2.24, 2.45) is 0 Å². The van der Waals surface area contributed by atoms with Crippen LogP contribution in [0.15, 0.2) is 23.7 Å². The van der Waals surface area contributed by atoms with Crippen molar-refractivity contribution in [3.05, 3.63) is 39.1 Å². The molecule has 1 atom stereocenters. The predicted octanol–water partition coefficient (Wildman–Crippen LogP) is 3.97. The van der Waals surface area contributed by atoms with E-state index in [0.29, 0.717) is 6.04 Å². The van der Waals surface area contributed by atoms with Crippen LogP contribution in [-0.2, 0) is 12.8 Å². The molecule has 1 unspecified atom stereocenters. The maximum atomic E-state index is 5.32. The average Bonchev–Trinajstić information content (AvgIpc) is 2.87. The zero-order valence-corrected chi connectivity index (χ0v) is 11.2. The van der Waals surface area contributed by atoms with Crippen LogP contribution in [0.4, 0.5) is 0 Å². The first-order valence-corrected chi connectivity index (χ1v) is 6.82. The highest BCUT2D eigenvalue weighted by Crippen LogP contribution is 2.20. The van der Waals surface area contributed by atoms with E-state index >= 15 is 0 Å². The molecule has 0 aliphatic rings. The summed E-state index contributed by atoms with van der Waals surface area (Å²) in [5, 5.41) is 2.12. The number of rotatable bonds is 4. The maximum Gasteiger partial charge on any atom is 0.177 e. The fourth-order valence-electron chi connectivity index (χ4n) is 1.98. The number of imidazole rings is 1. The standard InChI is InChI=1S/C12H16N2S2/c1-3-10-8-13-12(15)14(10)9(2)7-11-5-4-6-16-11/h4-6,8-9H,3,7H2,1-2H3,(H,13,15). The molecule has 4 heteroatoms. The number of aryl methyl sites for hydroxylation is 1. The second-order valence-electron chi connectivity index (χ2n) is 3.94. The third-order valence-corrected chi connectivity index (χ3v) is 3.98. The quantitative estimate of drug-likeness (QED) is 0.816. The predicted molar refractivity (Wildman–Crippen MR) is 71.7 cm³/mol. The van der Waals surface area contributed by atoms with Gasteiger partial charge in [0.2, 0.25) is 0 Å². The molecule has 2 rings (SSSR count). The average molecular weight is 252 g/mol. The molecule has 2 nitrogen and oxygen atoms in total. The van der Waals surface area contributed by atoms with Crippen LogP contribution in [0.25, 0.3) is 0 Å². The number of hydrogen-bond acceptors (Lipinski definition) is 2. The number of thiophene rings is 1. The highest BCUT2D eigenvalue weighted by atomic mass is 32.1. The van der Waals surface area contributed by atoms with Gasteiger partial charge in [-0.05, 0) is 37.0 Å². The topological polar surface area (TPSA) is 20.7 Å². The van der Waals surface area contributed by atoms with Crippen molar-refractivity contribution in [1.29, 1.82) is 0 Å². The Hall–Kier alpha value is -0.870. The van der Waals surface area contributed by atoms with Gasteiger partial charge in [0.05, 0.1) is 0 Å². The highest BCUT2D eigenvalue weighted by molar-refractivity contribution is 7.71. The lowest BCUT2D eigenvalue weighted by Gasteiger charge is -2.15. The van der Waals surface area contributed by atoms with Gasteiger partial charge < -0.3 is 9.55 Å². The van der Waals surface area contributed by atoms with Crippen molar-refractivity contribution in [3.8, 4) is 0 Å². The Morgan fingerprint density at radius 1 is 1.56 bits per heavy atom. The van der Waals surface area contributed by atoms with Crippen molar-refractivity contribution in [2.75, 3.05) is 0 Å². The van der Waals surface area contributed by atoms with Gasteiger partial charge in [0, 0.05) is 29.2 Å². The molecule has 0 aliphatic carbocycles. The van der Waals surface area contributed by atoms with Crippen LogP contribution < -0.4 is 0 Å². The number of aromatic amines is 1. The maximum absolute atomic E-state index is 5.32. The highest BCUT2D eigenvalue weighted by Gasteiger charge is 2.11. The zero-order valence-electron chi connectivity index (χ0n) is 9.56. The Kier molecular flexibility index (Phi) is 3.61. The van der Waals surface area contributed by atoms with Gasteiger partial charge >= 0.3 is 0 Å². The van der Waals surface area contributed by atoms with E-state index in [1.54, 1.807) is 0 Å². The first-order chi connectivity index (χ1) is 7.72. The largest absolute Gasteiger partial charge is 0.337 e. The summed E-state index contributed by atoms with van der Waals surface area (Å²) in [7, 11) is 0. The van der Waals surface area contributed by atoms with Gasteiger partial charge in [0.1, 0.15) is 0 Å². The van der Waals surface area contributed by atoms with Crippen LogP contribution in [0.1, 0.15) is 30.5 Å². The molecular weight excluding hydrogens is 236 g/mol. The molecule has 0 aromatic carbocycles. The third kappa shape index (κ3) is 2.28. The van der Waals surface area contributed by atoms with Crippen molar-refractivity contribution in [2.45, 2.75) is 32.7 Å². The number of nitrogens with zero attached hydrogens (tertiary/aromatic N) is 1. The molecule has 2 aromatic heterocycles. The Morgan fingerprint density at radius 3 is 3.00 bits per heavy atom. The summed E-state index contributed by atoms with van der Waals surface area (Å²) in [6.07, 6.45) is 4.09. The smallest absolute Gasteiger partial charge is 0.177 e. The lowest BCUT2D eigenvalue weighted by Crippen LogP contribution is -2.10. The number of nitrogens with one attached hydrogen (secondary N) is 1. The lowest BCUT2D eigenvalue weighted by molar-refractivity contribution is 0.524. The van der Waals surface area contributed by atoms with E-state index in [1.165, 1.54) is 10.6 Å². The van der Waals surface area contributed by atoms with Gasteiger partial charge in [-0.25, -0.2) is 0 Å². The van der Waals surface area contributed by atoms with Crippen LogP contribution >= 0.6 is 23.6 Å². The minimum absolute atomic E-state index is 0.423. The van der Waals surface area contributed by atoms with Gasteiger partial charge in [-0.15, -0.1) is 11.3 Å². The Balaban J connectivity index is 2.23. The molecule has 1 N–H and O–H groups in total. The first-order valence-electron chi connectivity index (χ1n) is 5.53. The van der Waals surface area contributed by atoms with Gasteiger partial charge in [0.25, 0.3) is 0 Å².